The highest BCUT2D eigenvalue weighted by atomic mass is 16.4. The molecule has 0 bridgehead atoms. The van der Waals surface area contributed by atoms with Crippen LogP contribution in [0.25, 0.3) is 0 Å². The van der Waals surface area contributed by atoms with Crippen molar-refractivity contribution in [3.8, 4) is 0 Å². The Bertz CT molecular complexity index is 194. The molecule has 78 valence electrons. The highest BCUT2D eigenvalue weighted by Gasteiger charge is 2.38. The van der Waals surface area contributed by atoms with Gasteiger partial charge in [-0.25, -0.2) is 0 Å². The van der Waals surface area contributed by atoms with Gasteiger partial charge in [0.2, 0.25) is 0 Å². The van der Waals surface area contributed by atoms with Crippen molar-refractivity contribution in [1.29, 1.82) is 0 Å². The molecule has 1 atom stereocenters. The van der Waals surface area contributed by atoms with Gasteiger partial charge in [-0.05, 0) is 13.8 Å². The molecule has 0 aromatic carbocycles. The first-order valence-electron chi connectivity index (χ1n) is 4.29. The number of quaternary nitrogens is 1. The van der Waals surface area contributed by atoms with Gasteiger partial charge in [-0.2, -0.15) is 0 Å². The van der Waals surface area contributed by atoms with Gasteiger partial charge in [-0.1, -0.05) is 0 Å². The minimum Gasteiger partial charge on any atom is -0.481 e. The standard InChI is InChI=1S/C9H19NO3/c1-9(2,8(12)13)7(11)6-10(3,4)5/h7,11H,6H2,1-5H3/p+1. The normalized spacial score (nSPS) is 15.5. The zero-order valence-electron chi connectivity index (χ0n) is 9.03. The predicted octanol–water partition coefficient (Wildman–Crippen LogP) is 0.164. The smallest absolute Gasteiger partial charge is 0.311 e. The number of carboxylic acids is 1. The molecular weight excluding hydrogens is 170 g/mol. The number of nitrogens with zero attached hydrogens (tertiary/aromatic N) is 1. The van der Waals surface area contributed by atoms with Gasteiger partial charge in [-0.3, -0.25) is 4.79 Å². The number of likely N-dealkylation sites (N-methyl/N-ethyl adjacent to an activating group) is 1. The molecule has 0 spiro atoms. The first kappa shape index (κ1) is 12.4. The third kappa shape index (κ3) is 3.74. The van der Waals surface area contributed by atoms with Gasteiger partial charge in [-0.15, -0.1) is 0 Å². The Balaban J connectivity index is 4.43. The number of hydrogen-bond donors (Lipinski definition) is 2. The fraction of sp³-hybridized carbons (Fsp3) is 0.889. The summed E-state index contributed by atoms with van der Waals surface area (Å²) in [6, 6.07) is 0. The van der Waals surface area contributed by atoms with Crippen molar-refractivity contribution in [3.63, 3.8) is 0 Å². The van der Waals surface area contributed by atoms with Crippen LogP contribution in [0.15, 0.2) is 0 Å². The second-order valence-electron chi connectivity index (χ2n) is 5.02. The molecule has 0 amide bonds. The second-order valence-corrected chi connectivity index (χ2v) is 5.02. The Labute approximate surface area is 79.4 Å². The highest BCUT2D eigenvalue weighted by Crippen LogP contribution is 2.22. The Morgan fingerprint density at radius 1 is 1.38 bits per heavy atom. The summed E-state index contributed by atoms with van der Waals surface area (Å²) >= 11 is 0. The summed E-state index contributed by atoms with van der Waals surface area (Å²) in [5.41, 5.74) is -1.08. The van der Waals surface area contributed by atoms with Crippen molar-refractivity contribution in [2.24, 2.45) is 5.41 Å². The molecule has 0 radical (unpaired) electrons. The molecule has 0 aliphatic rings. The molecule has 0 fully saturated rings. The molecule has 4 nitrogen and oxygen atoms in total. The van der Waals surface area contributed by atoms with Crippen LogP contribution >= 0.6 is 0 Å². The maximum atomic E-state index is 10.8. The molecule has 0 aromatic heterocycles. The molecule has 0 aliphatic heterocycles. The quantitative estimate of drug-likeness (QED) is 0.621. The van der Waals surface area contributed by atoms with Crippen LogP contribution < -0.4 is 0 Å². The van der Waals surface area contributed by atoms with E-state index in [1.54, 1.807) is 0 Å². The third-order valence-corrected chi connectivity index (χ3v) is 2.10. The molecule has 13 heavy (non-hydrogen) atoms. The fourth-order valence-electron chi connectivity index (χ4n) is 0.890. The van der Waals surface area contributed by atoms with Crippen LogP contribution in [0.2, 0.25) is 0 Å². The molecule has 0 aromatic rings. The summed E-state index contributed by atoms with van der Waals surface area (Å²) in [4.78, 5) is 10.8. The Kier molecular flexibility index (Phi) is 3.47. The Morgan fingerprint density at radius 2 is 1.77 bits per heavy atom. The van der Waals surface area contributed by atoms with Gasteiger partial charge in [0.25, 0.3) is 0 Å². The second kappa shape index (κ2) is 3.64. The average Bonchev–Trinajstić information content (AvgIpc) is 1.82. The minimum absolute atomic E-state index is 0.430. The van der Waals surface area contributed by atoms with Crippen molar-refractivity contribution in [2.45, 2.75) is 20.0 Å². The maximum Gasteiger partial charge on any atom is 0.311 e. The van der Waals surface area contributed by atoms with Crippen molar-refractivity contribution in [1.82, 2.24) is 0 Å². The van der Waals surface area contributed by atoms with Crippen LogP contribution in [0.3, 0.4) is 0 Å². The van der Waals surface area contributed by atoms with E-state index in [4.69, 9.17) is 5.11 Å². The summed E-state index contributed by atoms with van der Waals surface area (Å²) in [6.45, 7) is 3.50. The van der Waals surface area contributed by atoms with E-state index in [0.29, 0.717) is 11.0 Å². The number of hydrogen-bond acceptors (Lipinski definition) is 2. The van der Waals surface area contributed by atoms with E-state index in [1.807, 2.05) is 21.1 Å². The van der Waals surface area contributed by atoms with Gasteiger partial charge < -0.3 is 14.7 Å². The number of aliphatic hydroxyl groups is 1. The molecule has 0 saturated heterocycles. The monoisotopic (exact) mass is 190 g/mol. The van der Waals surface area contributed by atoms with E-state index in [0.717, 1.165) is 0 Å². The minimum atomic E-state index is -1.08. The maximum absolute atomic E-state index is 10.8. The van der Waals surface area contributed by atoms with E-state index >= 15 is 0 Å². The Hall–Kier alpha value is -0.610. The van der Waals surface area contributed by atoms with E-state index in [9.17, 15) is 9.90 Å². The van der Waals surface area contributed by atoms with Gasteiger partial charge in [0, 0.05) is 0 Å². The van der Waals surface area contributed by atoms with Crippen LogP contribution in [0.4, 0.5) is 0 Å². The molecule has 1 unspecified atom stereocenters. The van der Waals surface area contributed by atoms with Gasteiger partial charge in [0.15, 0.2) is 0 Å². The van der Waals surface area contributed by atoms with Crippen LogP contribution in [0, 0.1) is 5.41 Å². The first-order valence-corrected chi connectivity index (χ1v) is 4.29. The lowest BCUT2D eigenvalue weighted by Gasteiger charge is -2.32. The summed E-state index contributed by atoms with van der Waals surface area (Å²) in [7, 11) is 5.75. The van der Waals surface area contributed by atoms with E-state index < -0.39 is 17.5 Å². The van der Waals surface area contributed by atoms with E-state index in [-0.39, 0.29) is 0 Å². The number of rotatable bonds is 4. The van der Waals surface area contributed by atoms with Gasteiger partial charge >= 0.3 is 5.97 Å². The fourth-order valence-corrected chi connectivity index (χ4v) is 0.890. The summed E-state index contributed by atoms with van der Waals surface area (Å²) < 4.78 is 0.553. The van der Waals surface area contributed by atoms with Crippen molar-refractivity contribution >= 4 is 5.97 Å². The average molecular weight is 190 g/mol. The molecule has 0 rings (SSSR count). The summed E-state index contributed by atoms with van der Waals surface area (Å²) in [5, 5.41) is 18.5. The Morgan fingerprint density at radius 3 is 2.00 bits per heavy atom. The van der Waals surface area contributed by atoms with Crippen LogP contribution in [-0.2, 0) is 4.79 Å². The van der Waals surface area contributed by atoms with Crippen molar-refractivity contribution in [2.75, 3.05) is 27.7 Å². The summed E-state index contributed by atoms with van der Waals surface area (Å²) in [6.07, 6.45) is -0.829. The molecular formula is C9H20NO3+. The lowest BCUT2D eigenvalue weighted by molar-refractivity contribution is -0.874. The number of aliphatic hydroxyl groups excluding tert-OH is 1. The largest absolute Gasteiger partial charge is 0.481 e. The molecule has 2 N–H and O–H groups in total. The summed E-state index contributed by atoms with van der Waals surface area (Å²) in [5.74, 6) is -0.964. The van der Waals surface area contributed by atoms with E-state index in [1.165, 1.54) is 13.8 Å². The molecule has 0 saturated carbocycles. The van der Waals surface area contributed by atoms with Crippen LogP contribution in [0.1, 0.15) is 13.8 Å². The van der Waals surface area contributed by atoms with Crippen molar-refractivity contribution in [3.05, 3.63) is 0 Å². The van der Waals surface area contributed by atoms with Gasteiger partial charge in [0.1, 0.15) is 12.6 Å². The van der Waals surface area contributed by atoms with Gasteiger partial charge in [0.05, 0.1) is 26.6 Å². The lowest BCUT2D eigenvalue weighted by atomic mass is 9.86. The third-order valence-electron chi connectivity index (χ3n) is 2.10. The zero-order chi connectivity index (χ0) is 10.9. The van der Waals surface area contributed by atoms with Crippen LogP contribution in [-0.4, -0.2) is 54.5 Å². The van der Waals surface area contributed by atoms with Crippen LogP contribution in [0.5, 0.6) is 0 Å². The van der Waals surface area contributed by atoms with Crippen molar-refractivity contribution < 1.29 is 19.5 Å². The topological polar surface area (TPSA) is 57.5 Å². The molecule has 0 heterocycles. The SMILES string of the molecule is CC(C)(C(=O)O)C(O)C[N+](C)(C)C. The molecule has 4 heteroatoms. The number of carboxylic acid groups (broad SMARTS) is 1. The molecule has 0 aliphatic carbocycles. The lowest BCUT2D eigenvalue weighted by Crippen LogP contribution is -2.49. The number of carbonyl (C=O) groups is 1. The highest BCUT2D eigenvalue weighted by molar-refractivity contribution is 5.74. The first-order chi connectivity index (χ1) is 5.57. The zero-order valence-corrected chi connectivity index (χ0v) is 9.03. The van der Waals surface area contributed by atoms with E-state index in [2.05, 4.69) is 0 Å². The predicted molar refractivity (Wildman–Crippen MR) is 50.3 cm³/mol. The number of aliphatic carboxylic acids is 1.